The van der Waals surface area contributed by atoms with Gasteiger partial charge < -0.3 is 14.8 Å². The van der Waals surface area contributed by atoms with Crippen LogP contribution in [-0.4, -0.2) is 71.2 Å². The standard InChI is InChI=1S/C38H47FN6/c1-9-14-33(31-22-28(23-32(39)24-31)16-13-20-45(7)8)36-26(4)40-38(41-36)37-34-25-30(17-18-35(34)42-43-37)29(11-3)21-27(10-2)15-12-19-44(5)6/h9-11,14,17-18,21-25H,1-2,12-13,15-16,19-20H2,3-8H3,(H,40,41)(H,42,43)/b27-21+,29-11+,33-14-. The number of aromatic amines is 2. The molecule has 45 heavy (non-hydrogen) atoms. The van der Waals surface area contributed by atoms with Crippen molar-refractivity contribution in [2.45, 2.75) is 39.5 Å². The van der Waals surface area contributed by atoms with E-state index >= 15 is 0 Å². The SMILES string of the molecule is C=C/C=C(/c1cc(F)cc(CCCN(C)C)c1)c1nc(-c2n[nH]c3ccc(C(/C=C(\C=C)CCCN(C)C)=C/C)cc23)[nH]c1C. The summed E-state index contributed by atoms with van der Waals surface area (Å²) in [7, 11) is 8.29. The lowest BCUT2D eigenvalue weighted by molar-refractivity contribution is 0.400. The zero-order chi connectivity index (χ0) is 32.5. The fraction of sp³-hybridized carbons (Fsp3) is 0.316. The highest BCUT2D eigenvalue weighted by atomic mass is 19.1. The van der Waals surface area contributed by atoms with Crippen molar-refractivity contribution in [2.24, 2.45) is 0 Å². The van der Waals surface area contributed by atoms with Crippen molar-refractivity contribution in [1.29, 1.82) is 0 Å². The Hall–Kier alpha value is -4.33. The number of allylic oxidation sites excluding steroid dienone is 7. The topological polar surface area (TPSA) is 63.8 Å². The molecule has 2 aromatic carbocycles. The zero-order valence-corrected chi connectivity index (χ0v) is 27.7. The lowest BCUT2D eigenvalue weighted by atomic mass is 9.97. The van der Waals surface area contributed by atoms with E-state index in [1.54, 1.807) is 18.2 Å². The van der Waals surface area contributed by atoms with Gasteiger partial charge >= 0.3 is 0 Å². The number of aromatic nitrogens is 4. The van der Waals surface area contributed by atoms with Crippen LogP contribution in [0.15, 0.2) is 85.5 Å². The second-order valence-electron chi connectivity index (χ2n) is 12.0. The van der Waals surface area contributed by atoms with Gasteiger partial charge in [-0.25, -0.2) is 9.37 Å². The molecule has 236 valence electrons. The smallest absolute Gasteiger partial charge is 0.159 e. The molecule has 0 unspecified atom stereocenters. The molecule has 0 spiro atoms. The fourth-order valence-electron chi connectivity index (χ4n) is 5.55. The van der Waals surface area contributed by atoms with Gasteiger partial charge in [0.05, 0.1) is 11.2 Å². The Bertz CT molecular complexity index is 1730. The molecule has 0 radical (unpaired) electrons. The van der Waals surface area contributed by atoms with Gasteiger partial charge in [-0.3, -0.25) is 5.10 Å². The van der Waals surface area contributed by atoms with Gasteiger partial charge in [0.1, 0.15) is 11.5 Å². The van der Waals surface area contributed by atoms with Crippen molar-refractivity contribution in [2.75, 3.05) is 41.3 Å². The molecular formula is C38H47FN6. The van der Waals surface area contributed by atoms with E-state index in [2.05, 4.69) is 95.6 Å². The molecule has 0 aliphatic heterocycles. The van der Waals surface area contributed by atoms with Crippen molar-refractivity contribution >= 4 is 22.0 Å². The van der Waals surface area contributed by atoms with Gasteiger partial charge in [-0.2, -0.15) is 5.10 Å². The maximum Gasteiger partial charge on any atom is 0.159 e. The van der Waals surface area contributed by atoms with Gasteiger partial charge in [-0.15, -0.1) is 0 Å². The predicted molar refractivity (Wildman–Crippen MR) is 189 cm³/mol. The molecular weight excluding hydrogens is 559 g/mol. The Kier molecular flexibility index (Phi) is 11.6. The summed E-state index contributed by atoms with van der Waals surface area (Å²) in [5.74, 6) is 0.393. The van der Waals surface area contributed by atoms with Crippen molar-refractivity contribution < 1.29 is 4.39 Å². The summed E-state index contributed by atoms with van der Waals surface area (Å²) < 4.78 is 14.8. The van der Waals surface area contributed by atoms with E-state index in [-0.39, 0.29) is 5.82 Å². The maximum absolute atomic E-state index is 14.8. The highest BCUT2D eigenvalue weighted by molar-refractivity contribution is 5.95. The number of halogens is 1. The molecule has 0 atom stereocenters. The van der Waals surface area contributed by atoms with E-state index in [9.17, 15) is 4.39 Å². The maximum atomic E-state index is 14.8. The highest BCUT2D eigenvalue weighted by Gasteiger charge is 2.19. The highest BCUT2D eigenvalue weighted by Crippen LogP contribution is 2.32. The fourth-order valence-corrected chi connectivity index (χ4v) is 5.55. The molecule has 0 amide bonds. The molecule has 4 aromatic rings. The van der Waals surface area contributed by atoms with Crippen molar-refractivity contribution in [3.63, 3.8) is 0 Å². The first-order valence-corrected chi connectivity index (χ1v) is 15.6. The molecule has 2 aromatic heterocycles. The summed E-state index contributed by atoms with van der Waals surface area (Å²) in [4.78, 5) is 12.8. The van der Waals surface area contributed by atoms with Crippen LogP contribution in [0.3, 0.4) is 0 Å². The van der Waals surface area contributed by atoms with Gasteiger partial charge in [-0.1, -0.05) is 55.7 Å². The molecule has 0 bridgehead atoms. The molecule has 2 heterocycles. The van der Waals surface area contributed by atoms with E-state index in [4.69, 9.17) is 4.98 Å². The van der Waals surface area contributed by atoms with Gasteiger partial charge in [0, 0.05) is 16.7 Å². The molecule has 2 N–H and O–H groups in total. The molecule has 0 aliphatic carbocycles. The Morgan fingerprint density at radius 2 is 1.73 bits per heavy atom. The van der Waals surface area contributed by atoms with Crippen LogP contribution in [0.4, 0.5) is 4.39 Å². The third-order valence-corrected chi connectivity index (χ3v) is 7.87. The minimum atomic E-state index is -0.257. The van der Waals surface area contributed by atoms with Crippen LogP contribution in [0.25, 0.3) is 33.6 Å². The quantitative estimate of drug-likeness (QED) is 0.134. The van der Waals surface area contributed by atoms with Crippen molar-refractivity contribution in [1.82, 2.24) is 30.0 Å². The number of nitrogens with zero attached hydrogens (tertiary/aromatic N) is 4. The lowest BCUT2D eigenvalue weighted by Crippen LogP contribution is -2.13. The molecule has 0 saturated carbocycles. The molecule has 4 rings (SSSR count). The van der Waals surface area contributed by atoms with E-state index in [1.165, 1.54) is 5.57 Å². The monoisotopic (exact) mass is 606 g/mol. The first-order chi connectivity index (χ1) is 21.6. The number of benzene rings is 2. The second-order valence-corrected chi connectivity index (χ2v) is 12.0. The van der Waals surface area contributed by atoms with Crippen LogP contribution in [0.1, 0.15) is 54.3 Å². The Morgan fingerprint density at radius 1 is 0.978 bits per heavy atom. The Labute approximate surface area is 267 Å². The number of imidazole rings is 1. The van der Waals surface area contributed by atoms with E-state index in [0.717, 1.165) is 94.6 Å². The Balaban J connectivity index is 1.69. The summed E-state index contributed by atoms with van der Waals surface area (Å²) >= 11 is 0. The first-order valence-electron chi connectivity index (χ1n) is 15.6. The average Bonchev–Trinajstić information content (AvgIpc) is 3.59. The van der Waals surface area contributed by atoms with E-state index in [1.807, 2.05) is 33.2 Å². The molecule has 6 nitrogen and oxygen atoms in total. The number of H-pyrrole nitrogens is 2. The van der Waals surface area contributed by atoms with E-state index < -0.39 is 0 Å². The minimum absolute atomic E-state index is 0.257. The number of aryl methyl sites for hydroxylation is 2. The second kappa shape index (κ2) is 15.6. The van der Waals surface area contributed by atoms with Crippen molar-refractivity contribution in [3.8, 4) is 11.5 Å². The number of hydrogen-bond donors (Lipinski definition) is 2. The van der Waals surface area contributed by atoms with Crippen LogP contribution in [0, 0.1) is 12.7 Å². The van der Waals surface area contributed by atoms with Crippen LogP contribution in [0.2, 0.25) is 0 Å². The summed E-state index contributed by atoms with van der Waals surface area (Å²) in [5.41, 5.74) is 9.26. The van der Waals surface area contributed by atoms with Gasteiger partial charge in [0.15, 0.2) is 5.82 Å². The minimum Gasteiger partial charge on any atom is -0.340 e. The summed E-state index contributed by atoms with van der Waals surface area (Å²) in [6, 6.07) is 11.6. The molecule has 7 heteroatoms. The molecule has 0 fully saturated rings. The predicted octanol–water partition coefficient (Wildman–Crippen LogP) is 8.37. The van der Waals surface area contributed by atoms with Crippen LogP contribution >= 0.6 is 0 Å². The van der Waals surface area contributed by atoms with Gasteiger partial charge in [-0.05, 0) is 133 Å². The largest absolute Gasteiger partial charge is 0.340 e. The summed E-state index contributed by atoms with van der Waals surface area (Å²) in [5, 5.41) is 8.79. The zero-order valence-electron chi connectivity index (χ0n) is 27.7. The number of fused-ring (bicyclic) bond motifs is 1. The summed E-state index contributed by atoms with van der Waals surface area (Å²) in [6.07, 6.45) is 13.7. The van der Waals surface area contributed by atoms with E-state index in [0.29, 0.717) is 5.82 Å². The number of rotatable bonds is 15. The van der Waals surface area contributed by atoms with Gasteiger partial charge in [0.25, 0.3) is 0 Å². The van der Waals surface area contributed by atoms with Crippen LogP contribution in [0.5, 0.6) is 0 Å². The molecule has 0 aliphatic rings. The van der Waals surface area contributed by atoms with Crippen LogP contribution < -0.4 is 0 Å². The lowest BCUT2D eigenvalue weighted by Gasteiger charge is -2.11. The molecule has 0 saturated heterocycles. The van der Waals surface area contributed by atoms with Crippen molar-refractivity contribution in [3.05, 3.63) is 119 Å². The number of hydrogen-bond acceptors (Lipinski definition) is 4. The normalized spacial score (nSPS) is 13.0. The number of nitrogens with one attached hydrogen (secondary N) is 2. The first kappa shape index (κ1) is 33.6. The summed E-state index contributed by atoms with van der Waals surface area (Å²) in [6.45, 7) is 14.0. The van der Waals surface area contributed by atoms with Gasteiger partial charge in [0.2, 0.25) is 0 Å². The average molecular weight is 607 g/mol. The van der Waals surface area contributed by atoms with Crippen LogP contribution in [-0.2, 0) is 6.42 Å². The third kappa shape index (κ3) is 8.65. The Morgan fingerprint density at radius 3 is 2.42 bits per heavy atom. The third-order valence-electron chi connectivity index (χ3n) is 7.87.